The van der Waals surface area contributed by atoms with Gasteiger partial charge < -0.3 is 19.7 Å². The molecule has 1 saturated carbocycles. The molecule has 0 saturated heterocycles. The molecule has 154 valence electrons. The van der Waals surface area contributed by atoms with Gasteiger partial charge in [-0.2, -0.15) is 0 Å². The van der Waals surface area contributed by atoms with Gasteiger partial charge in [0.1, 0.15) is 22.8 Å². The number of aromatic hydroxyl groups is 1. The molecular formula is C23H25ClO5. The Hall–Kier alpha value is -2.50. The molecule has 3 rings (SSSR count). The van der Waals surface area contributed by atoms with Gasteiger partial charge in [-0.3, -0.25) is 4.79 Å². The quantitative estimate of drug-likeness (QED) is 0.513. The maximum absolute atomic E-state index is 12.9. The lowest BCUT2D eigenvalue weighted by atomic mass is 9.80. The third-order valence-electron chi connectivity index (χ3n) is 5.35. The number of aliphatic hydroxyl groups is 1. The van der Waals surface area contributed by atoms with Crippen molar-refractivity contribution in [1.82, 2.24) is 0 Å². The number of ether oxygens (including phenoxy) is 2. The summed E-state index contributed by atoms with van der Waals surface area (Å²) in [6, 6.07) is 8.65. The molecule has 0 aromatic heterocycles. The average Bonchev–Trinajstić information content (AvgIpc) is 2.73. The van der Waals surface area contributed by atoms with Gasteiger partial charge in [-0.05, 0) is 36.6 Å². The van der Waals surface area contributed by atoms with Crippen molar-refractivity contribution in [3.05, 3.63) is 58.1 Å². The number of phenolic OH excluding ortho intramolecular Hbond substituents is 1. The van der Waals surface area contributed by atoms with Crippen LogP contribution in [0.1, 0.15) is 53.1 Å². The van der Waals surface area contributed by atoms with Gasteiger partial charge in [0.05, 0.1) is 20.3 Å². The van der Waals surface area contributed by atoms with Crippen LogP contribution in [0.4, 0.5) is 0 Å². The Morgan fingerprint density at radius 1 is 1.10 bits per heavy atom. The number of rotatable bonds is 6. The highest BCUT2D eigenvalue weighted by Crippen LogP contribution is 2.47. The van der Waals surface area contributed by atoms with Crippen molar-refractivity contribution < 1.29 is 24.5 Å². The monoisotopic (exact) mass is 416 g/mol. The first-order chi connectivity index (χ1) is 14.0. The summed E-state index contributed by atoms with van der Waals surface area (Å²) < 4.78 is 10.8. The van der Waals surface area contributed by atoms with E-state index in [1.54, 1.807) is 36.4 Å². The van der Waals surface area contributed by atoms with Crippen LogP contribution in [0.25, 0.3) is 6.08 Å². The second kappa shape index (κ2) is 9.33. The van der Waals surface area contributed by atoms with Crippen molar-refractivity contribution in [3.63, 3.8) is 0 Å². The number of phenols is 1. The summed E-state index contributed by atoms with van der Waals surface area (Å²) in [6.07, 6.45) is 5.68. The zero-order valence-electron chi connectivity index (χ0n) is 16.5. The topological polar surface area (TPSA) is 76.0 Å². The minimum absolute atomic E-state index is 0.0614. The summed E-state index contributed by atoms with van der Waals surface area (Å²) >= 11 is 5.89. The SMILES string of the molecule is COc1cc(OC)c([C@@H]2CCCC[C@H]2O)c(O)c1C(=O)C=Cc1ccc(Cl)cc1. The Labute approximate surface area is 175 Å². The maximum Gasteiger partial charge on any atom is 0.193 e. The van der Waals surface area contributed by atoms with Crippen LogP contribution in [-0.2, 0) is 0 Å². The van der Waals surface area contributed by atoms with Crippen LogP contribution in [0.2, 0.25) is 5.02 Å². The second-order valence-electron chi connectivity index (χ2n) is 7.13. The molecule has 2 atom stereocenters. The van der Waals surface area contributed by atoms with E-state index in [9.17, 15) is 15.0 Å². The molecule has 2 aromatic carbocycles. The number of hydrogen-bond acceptors (Lipinski definition) is 5. The number of ketones is 1. The van der Waals surface area contributed by atoms with Crippen LogP contribution in [0.15, 0.2) is 36.4 Å². The van der Waals surface area contributed by atoms with E-state index in [2.05, 4.69) is 0 Å². The molecule has 0 aliphatic heterocycles. The Morgan fingerprint density at radius 3 is 2.38 bits per heavy atom. The van der Waals surface area contributed by atoms with Crippen molar-refractivity contribution in [2.45, 2.75) is 37.7 Å². The molecule has 0 spiro atoms. The summed E-state index contributed by atoms with van der Waals surface area (Å²) in [6.45, 7) is 0. The largest absolute Gasteiger partial charge is 0.507 e. The van der Waals surface area contributed by atoms with Gasteiger partial charge >= 0.3 is 0 Å². The van der Waals surface area contributed by atoms with Crippen LogP contribution < -0.4 is 9.47 Å². The minimum atomic E-state index is -0.593. The van der Waals surface area contributed by atoms with E-state index < -0.39 is 11.9 Å². The van der Waals surface area contributed by atoms with Crippen LogP contribution in [0.3, 0.4) is 0 Å². The Balaban J connectivity index is 2.03. The molecule has 0 heterocycles. The fraction of sp³-hybridized carbons (Fsp3) is 0.348. The third-order valence-corrected chi connectivity index (χ3v) is 5.60. The standard InChI is InChI=1S/C23H25ClO5/c1-28-19-13-20(29-2)22(18(26)12-9-14-7-10-15(24)11-8-14)23(27)21(19)16-5-3-4-6-17(16)25/h7-13,16-17,25,27H,3-6H2,1-2H3/t16-,17-/m1/s1. The summed E-state index contributed by atoms with van der Waals surface area (Å²) in [7, 11) is 2.93. The Morgan fingerprint density at radius 2 is 1.76 bits per heavy atom. The molecule has 1 aliphatic carbocycles. The summed E-state index contributed by atoms with van der Waals surface area (Å²) in [5.41, 5.74) is 1.33. The number of aliphatic hydroxyl groups excluding tert-OH is 1. The van der Waals surface area contributed by atoms with Gasteiger partial charge in [-0.25, -0.2) is 0 Å². The number of allylic oxidation sites excluding steroid dienone is 1. The predicted octanol–water partition coefficient (Wildman–Crippen LogP) is 4.98. The first-order valence-electron chi connectivity index (χ1n) is 9.60. The molecule has 0 amide bonds. The number of methoxy groups -OCH3 is 2. The molecule has 2 N–H and O–H groups in total. The number of halogens is 1. The average molecular weight is 417 g/mol. The van der Waals surface area contributed by atoms with Gasteiger partial charge in [-0.15, -0.1) is 0 Å². The highest BCUT2D eigenvalue weighted by molar-refractivity contribution is 6.30. The molecule has 0 bridgehead atoms. The first-order valence-corrected chi connectivity index (χ1v) is 9.98. The lowest BCUT2D eigenvalue weighted by Crippen LogP contribution is -2.23. The Bertz CT molecular complexity index is 904. The fourth-order valence-corrected chi connectivity index (χ4v) is 3.97. The fourth-order valence-electron chi connectivity index (χ4n) is 3.84. The van der Waals surface area contributed by atoms with Gasteiger partial charge in [0.15, 0.2) is 5.78 Å². The zero-order chi connectivity index (χ0) is 21.0. The second-order valence-corrected chi connectivity index (χ2v) is 7.56. The third kappa shape index (κ3) is 4.57. The number of benzene rings is 2. The van der Waals surface area contributed by atoms with Gasteiger partial charge in [0.2, 0.25) is 0 Å². The van der Waals surface area contributed by atoms with Gasteiger partial charge in [-0.1, -0.05) is 42.7 Å². The Kier molecular flexibility index (Phi) is 6.83. The van der Waals surface area contributed by atoms with Crippen LogP contribution in [0.5, 0.6) is 17.2 Å². The van der Waals surface area contributed by atoms with E-state index in [4.69, 9.17) is 21.1 Å². The number of carbonyl (C=O) groups excluding carboxylic acids is 1. The molecule has 29 heavy (non-hydrogen) atoms. The predicted molar refractivity (Wildman–Crippen MR) is 113 cm³/mol. The van der Waals surface area contributed by atoms with E-state index in [0.29, 0.717) is 29.2 Å². The van der Waals surface area contributed by atoms with E-state index in [-0.39, 0.29) is 23.0 Å². The highest BCUT2D eigenvalue weighted by Gasteiger charge is 2.33. The molecule has 5 nitrogen and oxygen atoms in total. The zero-order valence-corrected chi connectivity index (χ0v) is 17.3. The summed E-state index contributed by atoms with van der Waals surface area (Å²) in [4.78, 5) is 12.9. The summed E-state index contributed by atoms with van der Waals surface area (Å²) in [5.74, 6) is -0.263. The van der Waals surface area contributed by atoms with E-state index in [1.165, 1.54) is 20.3 Å². The number of hydrogen-bond donors (Lipinski definition) is 2. The lowest BCUT2D eigenvalue weighted by molar-refractivity contribution is 0.101. The first kappa shape index (κ1) is 21.2. The molecule has 0 unspecified atom stereocenters. The normalized spacial score (nSPS) is 19.3. The number of carbonyl (C=O) groups is 1. The van der Waals surface area contributed by atoms with Crippen molar-refractivity contribution >= 4 is 23.5 Å². The molecule has 1 aliphatic rings. The molecule has 2 aromatic rings. The van der Waals surface area contributed by atoms with Crippen LogP contribution >= 0.6 is 11.6 Å². The molecular weight excluding hydrogens is 392 g/mol. The lowest BCUT2D eigenvalue weighted by Gasteiger charge is -2.30. The molecule has 1 fully saturated rings. The van der Waals surface area contributed by atoms with Crippen LogP contribution in [0, 0.1) is 0 Å². The van der Waals surface area contributed by atoms with E-state index in [0.717, 1.165) is 18.4 Å². The smallest absolute Gasteiger partial charge is 0.193 e. The summed E-state index contributed by atoms with van der Waals surface area (Å²) in [5, 5.41) is 22.1. The van der Waals surface area contributed by atoms with E-state index in [1.807, 2.05) is 0 Å². The van der Waals surface area contributed by atoms with Crippen molar-refractivity contribution in [2.75, 3.05) is 14.2 Å². The molecule has 6 heteroatoms. The van der Waals surface area contributed by atoms with Crippen molar-refractivity contribution in [1.29, 1.82) is 0 Å². The minimum Gasteiger partial charge on any atom is -0.507 e. The van der Waals surface area contributed by atoms with E-state index >= 15 is 0 Å². The maximum atomic E-state index is 12.9. The van der Waals surface area contributed by atoms with Crippen molar-refractivity contribution in [2.24, 2.45) is 0 Å². The van der Waals surface area contributed by atoms with Gasteiger partial charge in [0, 0.05) is 22.6 Å². The van der Waals surface area contributed by atoms with Gasteiger partial charge in [0.25, 0.3) is 0 Å². The molecule has 0 radical (unpaired) electrons. The van der Waals surface area contributed by atoms with Crippen LogP contribution in [-0.4, -0.2) is 36.3 Å². The highest BCUT2D eigenvalue weighted by atomic mass is 35.5. The van der Waals surface area contributed by atoms with Crippen molar-refractivity contribution in [3.8, 4) is 17.2 Å².